The van der Waals surface area contributed by atoms with Crippen molar-refractivity contribution in [2.75, 3.05) is 26.7 Å². The van der Waals surface area contributed by atoms with E-state index in [1.807, 2.05) is 24.5 Å². The molecule has 0 saturated carbocycles. The second-order valence-corrected chi connectivity index (χ2v) is 3.80. The van der Waals surface area contributed by atoms with Crippen molar-refractivity contribution in [3.8, 4) is 0 Å². The summed E-state index contributed by atoms with van der Waals surface area (Å²) >= 11 is 0. The van der Waals surface area contributed by atoms with Crippen molar-refractivity contribution in [1.82, 2.24) is 9.88 Å². The van der Waals surface area contributed by atoms with Crippen LogP contribution in [0.25, 0.3) is 0 Å². The van der Waals surface area contributed by atoms with Crippen molar-refractivity contribution in [2.45, 2.75) is 6.42 Å². The molecule has 0 unspecified atom stereocenters. The van der Waals surface area contributed by atoms with Crippen LogP contribution in [0.2, 0.25) is 0 Å². The molecule has 1 rings (SSSR count). The summed E-state index contributed by atoms with van der Waals surface area (Å²) in [6.45, 7) is 6.35. The number of aromatic nitrogens is 1. The van der Waals surface area contributed by atoms with Gasteiger partial charge in [0, 0.05) is 32.0 Å². The van der Waals surface area contributed by atoms with E-state index in [9.17, 15) is 0 Å². The van der Waals surface area contributed by atoms with Crippen molar-refractivity contribution in [3.63, 3.8) is 0 Å². The molecule has 0 aromatic carbocycles. The van der Waals surface area contributed by atoms with Gasteiger partial charge in [-0.1, -0.05) is 6.58 Å². The van der Waals surface area contributed by atoms with Crippen molar-refractivity contribution >= 4 is 0 Å². The van der Waals surface area contributed by atoms with Gasteiger partial charge in [0.05, 0.1) is 0 Å². The lowest BCUT2D eigenvalue weighted by Gasteiger charge is -2.17. The van der Waals surface area contributed by atoms with Gasteiger partial charge in [-0.3, -0.25) is 4.98 Å². The number of nitrogens with two attached hydrogens (primary N) is 1. The molecule has 1 aromatic rings. The number of hydrogen-bond donors (Lipinski definition) is 1. The lowest BCUT2D eigenvalue weighted by molar-refractivity contribution is 0.366. The summed E-state index contributed by atoms with van der Waals surface area (Å²) in [5.74, 6) is 0. The topological polar surface area (TPSA) is 42.1 Å². The van der Waals surface area contributed by atoms with E-state index in [1.165, 1.54) is 5.56 Å². The molecule has 0 radical (unpaired) electrons. The van der Waals surface area contributed by atoms with Crippen molar-refractivity contribution in [1.29, 1.82) is 0 Å². The predicted octanol–water partition coefficient (Wildman–Crippen LogP) is 1.07. The second kappa shape index (κ2) is 6.32. The Morgan fingerprint density at radius 1 is 1.47 bits per heavy atom. The SMILES string of the molecule is C=C(CN)CN(C)CCc1ccncc1. The Hall–Kier alpha value is -1.19. The van der Waals surface area contributed by atoms with Gasteiger partial charge in [0.25, 0.3) is 0 Å². The minimum absolute atomic E-state index is 0.569. The Morgan fingerprint density at radius 2 is 2.13 bits per heavy atom. The lowest BCUT2D eigenvalue weighted by Crippen LogP contribution is -2.25. The maximum absolute atomic E-state index is 5.49. The third kappa shape index (κ3) is 4.72. The Kier molecular flexibility index (Phi) is 5.01. The van der Waals surface area contributed by atoms with Gasteiger partial charge >= 0.3 is 0 Å². The average Bonchev–Trinajstić information content (AvgIpc) is 2.27. The van der Waals surface area contributed by atoms with Gasteiger partial charge < -0.3 is 10.6 Å². The Labute approximate surface area is 91.6 Å². The molecule has 1 heterocycles. The molecule has 1 aromatic heterocycles. The van der Waals surface area contributed by atoms with Gasteiger partial charge in [0.15, 0.2) is 0 Å². The first kappa shape index (κ1) is 11.9. The standard InChI is InChI=1S/C12H19N3/c1-11(9-13)10-15(2)8-5-12-3-6-14-7-4-12/h3-4,6-7H,1,5,8-10,13H2,2H3. The quantitative estimate of drug-likeness (QED) is 0.706. The Balaban J connectivity index is 2.28. The van der Waals surface area contributed by atoms with Gasteiger partial charge in [-0.25, -0.2) is 0 Å². The van der Waals surface area contributed by atoms with E-state index in [1.54, 1.807) is 0 Å². The van der Waals surface area contributed by atoms with Crippen LogP contribution in [-0.4, -0.2) is 36.6 Å². The predicted molar refractivity (Wildman–Crippen MR) is 63.6 cm³/mol. The lowest BCUT2D eigenvalue weighted by atomic mass is 10.2. The summed E-state index contributed by atoms with van der Waals surface area (Å²) in [4.78, 5) is 6.22. The molecule has 15 heavy (non-hydrogen) atoms. The van der Waals surface area contributed by atoms with Crippen LogP contribution in [0, 0.1) is 0 Å². The molecule has 0 aliphatic rings. The first-order valence-corrected chi connectivity index (χ1v) is 5.16. The number of likely N-dealkylation sites (N-methyl/N-ethyl adjacent to an activating group) is 1. The van der Waals surface area contributed by atoms with Crippen LogP contribution in [0.5, 0.6) is 0 Å². The molecule has 2 N–H and O–H groups in total. The summed E-state index contributed by atoms with van der Waals surface area (Å²) in [7, 11) is 2.09. The van der Waals surface area contributed by atoms with Crippen LogP contribution >= 0.6 is 0 Å². The summed E-state index contributed by atoms with van der Waals surface area (Å²) < 4.78 is 0. The van der Waals surface area contributed by atoms with Crippen molar-refractivity contribution < 1.29 is 0 Å². The third-order valence-electron chi connectivity index (χ3n) is 2.31. The zero-order valence-electron chi connectivity index (χ0n) is 9.32. The highest BCUT2D eigenvalue weighted by molar-refractivity contribution is 5.10. The number of nitrogens with zero attached hydrogens (tertiary/aromatic N) is 2. The largest absolute Gasteiger partial charge is 0.327 e. The Morgan fingerprint density at radius 3 is 2.73 bits per heavy atom. The fourth-order valence-electron chi connectivity index (χ4n) is 1.39. The minimum Gasteiger partial charge on any atom is -0.327 e. The summed E-state index contributed by atoms with van der Waals surface area (Å²) in [5, 5.41) is 0. The monoisotopic (exact) mass is 205 g/mol. The highest BCUT2D eigenvalue weighted by Crippen LogP contribution is 2.00. The summed E-state index contributed by atoms with van der Waals surface area (Å²) in [6.07, 6.45) is 4.69. The van der Waals surface area contributed by atoms with E-state index in [2.05, 4.69) is 23.5 Å². The van der Waals surface area contributed by atoms with E-state index >= 15 is 0 Å². The Bertz CT molecular complexity index is 295. The van der Waals surface area contributed by atoms with Gasteiger partial charge in [-0.15, -0.1) is 0 Å². The maximum Gasteiger partial charge on any atom is 0.0270 e. The molecule has 0 amide bonds. The van der Waals surface area contributed by atoms with E-state index in [0.717, 1.165) is 25.1 Å². The van der Waals surface area contributed by atoms with Gasteiger partial charge in [-0.05, 0) is 36.7 Å². The highest BCUT2D eigenvalue weighted by Gasteiger charge is 2.00. The highest BCUT2D eigenvalue weighted by atomic mass is 15.1. The maximum atomic E-state index is 5.49. The van der Waals surface area contributed by atoms with Gasteiger partial charge in [-0.2, -0.15) is 0 Å². The van der Waals surface area contributed by atoms with Crippen LogP contribution in [0.3, 0.4) is 0 Å². The summed E-state index contributed by atoms with van der Waals surface area (Å²) in [5.41, 5.74) is 7.88. The van der Waals surface area contributed by atoms with Crippen molar-refractivity contribution in [3.05, 3.63) is 42.2 Å². The first-order chi connectivity index (χ1) is 7.22. The molecule has 0 saturated heterocycles. The molecule has 0 aliphatic carbocycles. The van der Waals surface area contributed by atoms with Crippen LogP contribution < -0.4 is 5.73 Å². The fraction of sp³-hybridized carbons (Fsp3) is 0.417. The van der Waals surface area contributed by atoms with Crippen LogP contribution in [0.4, 0.5) is 0 Å². The zero-order valence-corrected chi connectivity index (χ0v) is 9.32. The van der Waals surface area contributed by atoms with Crippen LogP contribution in [-0.2, 0) is 6.42 Å². The molecule has 0 fully saturated rings. The third-order valence-corrected chi connectivity index (χ3v) is 2.31. The molecular formula is C12H19N3. The molecule has 0 bridgehead atoms. The molecule has 0 spiro atoms. The fourth-order valence-corrected chi connectivity index (χ4v) is 1.39. The first-order valence-electron chi connectivity index (χ1n) is 5.16. The van der Waals surface area contributed by atoms with Crippen molar-refractivity contribution in [2.24, 2.45) is 5.73 Å². The van der Waals surface area contributed by atoms with E-state index in [0.29, 0.717) is 6.54 Å². The average molecular weight is 205 g/mol. The normalized spacial score (nSPS) is 10.6. The number of rotatable bonds is 6. The molecular weight excluding hydrogens is 186 g/mol. The molecule has 3 heteroatoms. The molecule has 82 valence electrons. The second-order valence-electron chi connectivity index (χ2n) is 3.80. The van der Waals surface area contributed by atoms with E-state index in [-0.39, 0.29) is 0 Å². The van der Waals surface area contributed by atoms with Crippen LogP contribution in [0.15, 0.2) is 36.7 Å². The van der Waals surface area contributed by atoms with E-state index < -0.39 is 0 Å². The van der Waals surface area contributed by atoms with E-state index in [4.69, 9.17) is 5.73 Å². The van der Waals surface area contributed by atoms with Gasteiger partial charge in [0.1, 0.15) is 0 Å². The summed E-state index contributed by atoms with van der Waals surface area (Å²) in [6, 6.07) is 4.09. The molecule has 3 nitrogen and oxygen atoms in total. The zero-order chi connectivity index (χ0) is 11.1. The molecule has 0 aliphatic heterocycles. The van der Waals surface area contributed by atoms with Gasteiger partial charge in [0.2, 0.25) is 0 Å². The minimum atomic E-state index is 0.569. The number of hydrogen-bond acceptors (Lipinski definition) is 3. The van der Waals surface area contributed by atoms with Crippen LogP contribution in [0.1, 0.15) is 5.56 Å². The smallest absolute Gasteiger partial charge is 0.0270 e. The molecule has 0 atom stereocenters. The number of pyridine rings is 1.